The average Bonchev–Trinajstić information content (AvgIpc) is 2.36. The van der Waals surface area contributed by atoms with Gasteiger partial charge in [-0.3, -0.25) is 4.79 Å². The van der Waals surface area contributed by atoms with Gasteiger partial charge in [0.15, 0.2) is 0 Å². The molecule has 0 aliphatic heterocycles. The van der Waals surface area contributed by atoms with E-state index in [9.17, 15) is 4.79 Å². The highest BCUT2D eigenvalue weighted by atomic mass is 16.3. The van der Waals surface area contributed by atoms with Crippen LogP contribution >= 0.6 is 0 Å². The Hall–Kier alpha value is -1.35. The van der Waals surface area contributed by atoms with E-state index in [0.29, 0.717) is 0 Å². The van der Waals surface area contributed by atoms with Gasteiger partial charge in [0.25, 0.3) is 0 Å². The molecule has 1 unspecified atom stereocenters. The molecule has 0 heterocycles. The Bertz CT molecular complexity index is 346. The lowest BCUT2D eigenvalue weighted by molar-refractivity contribution is -0.119. The Balaban J connectivity index is 2.49. The quantitative estimate of drug-likeness (QED) is 0.796. The number of aliphatic hydroxyl groups is 1. The summed E-state index contributed by atoms with van der Waals surface area (Å²) in [7, 11) is 0. The zero-order chi connectivity index (χ0) is 12.7. The first kappa shape index (κ1) is 13.7. The number of aliphatic hydroxyl groups excluding tert-OH is 1. The number of carbonyl (C=O) groups is 1. The number of rotatable bonds is 6. The van der Waals surface area contributed by atoms with Crippen molar-refractivity contribution in [3.05, 3.63) is 29.8 Å². The van der Waals surface area contributed by atoms with Gasteiger partial charge >= 0.3 is 0 Å². The van der Waals surface area contributed by atoms with Crippen LogP contribution in [-0.2, 0) is 11.4 Å². The van der Waals surface area contributed by atoms with E-state index in [1.807, 2.05) is 31.2 Å². The Morgan fingerprint density at radius 2 is 2.00 bits per heavy atom. The molecule has 94 valence electrons. The molecule has 2 N–H and O–H groups in total. The zero-order valence-electron chi connectivity index (χ0n) is 10.6. The molecule has 0 radical (unpaired) electrons. The van der Waals surface area contributed by atoms with Crippen LogP contribution in [0.15, 0.2) is 24.3 Å². The molecule has 0 aromatic heterocycles. The molecule has 1 aromatic rings. The summed E-state index contributed by atoms with van der Waals surface area (Å²) >= 11 is 0. The van der Waals surface area contributed by atoms with Crippen molar-refractivity contribution in [2.45, 2.75) is 39.7 Å². The summed E-state index contributed by atoms with van der Waals surface area (Å²) in [5, 5.41) is 11.8. The molecule has 0 aliphatic rings. The van der Waals surface area contributed by atoms with Crippen molar-refractivity contribution < 1.29 is 9.90 Å². The monoisotopic (exact) mass is 235 g/mol. The van der Waals surface area contributed by atoms with Crippen LogP contribution in [0.4, 0.5) is 5.69 Å². The Labute approximate surface area is 103 Å². The van der Waals surface area contributed by atoms with Gasteiger partial charge in [0.05, 0.1) is 6.61 Å². The van der Waals surface area contributed by atoms with Crippen molar-refractivity contribution in [3.63, 3.8) is 0 Å². The lowest BCUT2D eigenvalue weighted by atomic mass is 10.0. The van der Waals surface area contributed by atoms with Gasteiger partial charge < -0.3 is 10.4 Å². The number of unbranched alkanes of at least 4 members (excludes halogenated alkanes) is 1. The number of carbonyl (C=O) groups excluding carboxylic acids is 1. The maximum absolute atomic E-state index is 11.8. The minimum absolute atomic E-state index is 0.0289. The second kappa shape index (κ2) is 7.07. The lowest BCUT2D eigenvalue weighted by Crippen LogP contribution is -2.20. The fraction of sp³-hybridized carbons (Fsp3) is 0.500. The standard InChI is InChI=1S/C14H21NO2/c1-3-4-5-11(2)14(17)15-13-8-6-12(10-16)7-9-13/h6-9,11,16H,3-5,10H2,1-2H3,(H,15,17). The van der Waals surface area contributed by atoms with Crippen LogP contribution in [0.25, 0.3) is 0 Å². The van der Waals surface area contributed by atoms with E-state index in [0.717, 1.165) is 30.5 Å². The maximum Gasteiger partial charge on any atom is 0.227 e. The molecule has 0 saturated carbocycles. The Morgan fingerprint density at radius 3 is 2.53 bits per heavy atom. The zero-order valence-corrected chi connectivity index (χ0v) is 10.6. The molecule has 3 nitrogen and oxygen atoms in total. The molecule has 0 bridgehead atoms. The van der Waals surface area contributed by atoms with E-state index in [1.165, 1.54) is 0 Å². The van der Waals surface area contributed by atoms with Gasteiger partial charge in [-0.15, -0.1) is 0 Å². The average molecular weight is 235 g/mol. The predicted octanol–water partition coefficient (Wildman–Crippen LogP) is 2.94. The van der Waals surface area contributed by atoms with E-state index >= 15 is 0 Å². The van der Waals surface area contributed by atoms with Gasteiger partial charge in [-0.1, -0.05) is 38.8 Å². The predicted molar refractivity (Wildman–Crippen MR) is 69.7 cm³/mol. The molecular weight excluding hydrogens is 214 g/mol. The molecule has 1 amide bonds. The number of benzene rings is 1. The van der Waals surface area contributed by atoms with E-state index in [4.69, 9.17) is 5.11 Å². The van der Waals surface area contributed by atoms with Gasteiger partial charge in [0, 0.05) is 11.6 Å². The number of anilines is 1. The molecule has 17 heavy (non-hydrogen) atoms. The molecule has 0 fully saturated rings. The molecule has 3 heteroatoms. The summed E-state index contributed by atoms with van der Waals surface area (Å²) in [6.07, 6.45) is 3.12. The lowest BCUT2D eigenvalue weighted by Gasteiger charge is -2.11. The molecular formula is C14H21NO2. The van der Waals surface area contributed by atoms with Crippen LogP contribution in [0, 0.1) is 5.92 Å². The van der Waals surface area contributed by atoms with Crippen molar-refractivity contribution >= 4 is 11.6 Å². The largest absolute Gasteiger partial charge is 0.392 e. The van der Waals surface area contributed by atoms with Crippen LogP contribution in [0.2, 0.25) is 0 Å². The summed E-state index contributed by atoms with van der Waals surface area (Å²) in [5.74, 6) is 0.114. The van der Waals surface area contributed by atoms with E-state index in [1.54, 1.807) is 0 Å². The van der Waals surface area contributed by atoms with E-state index < -0.39 is 0 Å². The van der Waals surface area contributed by atoms with Gasteiger partial charge in [-0.25, -0.2) is 0 Å². The fourth-order valence-electron chi connectivity index (χ4n) is 1.60. The molecule has 1 aromatic carbocycles. The van der Waals surface area contributed by atoms with E-state index in [2.05, 4.69) is 12.2 Å². The van der Waals surface area contributed by atoms with Crippen LogP contribution in [0.5, 0.6) is 0 Å². The highest BCUT2D eigenvalue weighted by Gasteiger charge is 2.11. The van der Waals surface area contributed by atoms with Crippen molar-refractivity contribution in [1.29, 1.82) is 0 Å². The topological polar surface area (TPSA) is 49.3 Å². The first-order chi connectivity index (χ1) is 8.17. The summed E-state index contributed by atoms with van der Waals surface area (Å²) < 4.78 is 0. The summed E-state index contributed by atoms with van der Waals surface area (Å²) in [6, 6.07) is 7.25. The highest BCUT2D eigenvalue weighted by Crippen LogP contribution is 2.13. The number of amides is 1. The number of hydrogen-bond donors (Lipinski definition) is 2. The normalized spacial score (nSPS) is 12.2. The van der Waals surface area contributed by atoms with E-state index in [-0.39, 0.29) is 18.4 Å². The Kier molecular flexibility index (Phi) is 5.70. The first-order valence-electron chi connectivity index (χ1n) is 6.18. The second-order valence-electron chi connectivity index (χ2n) is 4.39. The molecule has 0 saturated heterocycles. The summed E-state index contributed by atoms with van der Waals surface area (Å²) in [4.78, 5) is 11.8. The number of nitrogens with one attached hydrogen (secondary N) is 1. The van der Waals surface area contributed by atoms with Gasteiger partial charge in [0.2, 0.25) is 5.91 Å². The van der Waals surface area contributed by atoms with Gasteiger partial charge in [-0.2, -0.15) is 0 Å². The third kappa shape index (κ3) is 4.57. The van der Waals surface area contributed by atoms with Crippen molar-refractivity contribution in [3.8, 4) is 0 Å². The van der Waals surface area contributed by atoms with Crippen molar-refractivity contribution in [2.75, 3.05) is 5.32 Å². The second-order valence-corrected chi connectivity index (χ2v) is 4.39. The molecule has 1 atom stereocenters. The Morgan fingerprint density at radius 1 is 1.35 bits per heavy atom. The van der Waals surface area contributed by atoms with Crippen molar-refractivity contribution in [1.82, 2.24) is 0 Å². The first-order valence-corrected chi connectivity index (χ1v) is 6.18. The number of hydrogen-bond acceptors (Lipinski definition) is 2. The van der Waals surface area contributed by atoms with Crippen LogP contribution in [0.1, 0.15) is 38.7 Å². The van der Waals surface area contributed by atoms with Crippen molar-refractivity contribution in [2.24, 2.45) is 5.92 Å². The smallest absolute Gasteiger partial charge is 0.227 e. The maximum atomic E-state index is 11.8. The van der Waals surface area contributed by atoms with Gasteiger partial charge in [-0.05, 0) is 24.1 Å². The SMILES string of the molecule is CCCCC(C)C(=O)Nc1ccc(CO)cc1. The minimum atomic E-state index is 0.0289. The third-order valence-electron chi connectivity index (χ3n) is 2.84. The summed E-state index contributed by atoms with van der Waals surface area (Å²) in [6.45, 7) is 4.10. The van der Waals surface area contributed by atoms with Gasteiger partial charge in [0.1, 0.15) is 0 Å². The minimum Gasteiger partial charge on any atom is -0.392 e. The summed E-state index contributed by atoms with van der Waals surface area (Å²) in [5.41, 5.74) is 1.64. The van der Waals surface area contributed by atoms with Crippen LogP contribution in [0.3, 0.4) is 0 Å². The molecule has 0 aliphatic carbocycles. The highest BCUT2D eigenvalue weighted by molar-refractivity contribution is 5.92. The molecule has 1 rings (SSSR count). The van der Waals surface area contributed by atoms with Crippen LogP contribution < -0.4 is 5.32 Å². The van der Waals surface area contributed by atoms with Crippen LogP contribution in [-0.4, -0.2) is 11.0 Å². The third-order valence-corrected chi connectivity index (χ3v) is 2.84. The fourth-order valence-corrected chi connectivity index (χ4v) is 1.60. The molecule has 0 spiro atoms.